The lowest BCUT2D eigenvalue weighted by Crippen LogP contribution is -2.31. The first-order valence-corrected chi connectivity index (χ1v) is 2.41. The summed E-state index contributed by atoms with van der Waals surface area (Å²) < 4.78 is 0. The van der Waals surface area contributed by atoms with Crippen LogP contribution in [0, 0.1) is 0 Å². The molecule has 8 heavy (non-hydrogen) atoms. The van der Waals surface area contributed by atoms with Crippen molar-refractivity contribution in [3.05, 3.63) is 12.7 Å². The second-order valence-corrected chi connectivity index (χ2v) is 1.53. The van der Waals surface area contributed by atoms with Gasteiger partial charge in [0.25, 0.3) is 0 Å². The molecule has 48 valence electrons. The van der Waals surface area contributed by atoms with Gasteiger partial charge < -0.3 is 15.9 Å². The summed E-state index contributed by atoms with van der Waals surface area (Å²) in [5.74, 6) is 0. The Morgan fingerprint density at radius 1 is 1.62 bits per heavy atom. The predicted molar refractivity (Wildman–Crippen MR) is 31.3 cm³/mol. The number of aliphatic hydroxyl groups excluding tert-OH is 2. The van der Waals surface area contributed by atoms with Gasteiger partial charge in [0.1, 0.15) is 0 Å². The lowest BCUT2D eigenvalue weighted by Gasteiger charge is -2.09. The molecule has 3 heteroatoms. The van der Waals surface area contributed by atoms with Crippen molar-refractivity contribution in [2.75, 3.05) is 6.54 Å². The maximum absolute atomic E-state index is 8.68. The van der Waals surface area contributed by atoms with E-state index in [2.05, 4.69) is 6.58 Å². The van der Waals surface area contributed by atoms with Crippen molar-refractivity contribution in [1.29, 1.82) is 0 Å². The van der Waals surface area contributed by atoms with Crippen molar-refractivity contribution < 1.29 is 10.2 Å². The summed E-state index contributed by atoms with van der Waals surface area (Å²) in [5, 5.41) is 17.4. The van der Waals surface area contributed by atoms with Crippen LogP contribution in [0.15, 0.2) is 12.7 Å². The standard InChI is InChI=1S/C5H11NO2/c1-2-4(7)5(8)3-6/h2,4-5,7-8H,1,3,6H2. The minimum absolute atomic E-state index is 0.0627. The Balaban J connectivity index is 3.44. The first-order chi connectivity index (χ1) is 3.72. The summed E-state index contributed by atoms with van der Waals surface area (Å²) in [7, 11) is 0. The van der Waals surface area contributed by atoms with Crippen LogP contribution in [0.5, 0.6) is 0 Å². The molecule has 0 aliphatic carbocycles. The van der Waals surface area contributed by atoms with Crippen molar-refractivity contribution in [3.63, 3.8) is 0 Å². The fourth-order valence-electron chi connectivity index (χ4n) is 0.297. The van der Waals surface area contributed by atoms with Crippen LogP contribution in [0.1, 0.15) is 0 Å². The summed E-state index contributed by atoms with van der Waals surface area (Å²) in [6.45, 7) is 3.33. The molecule has 0 heterocycles. The Kier molecular flexibility index (Phi) is 3.43. The number of hydrogen-bond donors (Lipinski definition) is 3. The highest BCUT2D eigenvalue weighted by Crippen LogP contribution is 1.89. The quantitative estimate of drug-likeness (QED) is 0.409. The Morgan fingerprint density at radius 3 is 2.25 bits per heavy atom. The van der Waals surface area contributed by atoms with Crippen LogP contribution < -0.4 is 5.73 Å². The molecule has 2 unspecified atom stereocenters. The van der Waals surface area contributed by atoms with Crippen LogP contribution in [0.2, 0.25) is 0 Å². The van der Waals surface area contributed by atoms with E-state index in [4.69, 9.17) is 15.9 Å². The minimum atomic E-state index is -0.889. The lowest BCUT2D eigenvalue weighted by molar-refractivity contribution is 0.0552. The zero-order chi connectivity index (χ0) is 6.57. The molecular formula is C5H11NO2. The molecule has 0 aromatic heterocycles. The molecule has 4 N–H and O–H groups in total. The molecule has 0 amide bonds. The van der Waals surface area contributed by atoms with E-state index >= 15 is 0 Å². The Morgan fingerprint density at radius 2 is 2.12 bits per heavy atom. The largest absolute Gasteiger partial charge is 0.389 e. The molecule has 0 radical (unpaired) electrons. The van der Waals surface area contributed by atoms with Crippen molar-refractivity contribution >= 4 is 0 Å². The van der Waals surface area contributed by atoms with Gasteiger partial charge in [-0.2, -0.15) is 0 Å². The van der Waals surface area contributed by atoms with Crippen molar-refractivity contribution in [2.45, 2.75) is 12.2 Å². The number of rotatable bonds is 3. The summed E-state index contributed by atoms with van der Waals surface area (Å²) in [6.07, 6.45) is -0.509. The van der Waals surface area contributed by atoms with Gasteiger partial charge in [0, 0.05) is 6.54 Å². The van der Waals surface area contributed by atoms with E-state index in [1.807, 2.05) is 0 Å². The summed E-state index contributed by atoms with van der Waals surface area (Å²) >= 11 is 0. The molecule has 0 saturated carbocycles. The van der Waals surface area contributed by atoms with E-state index < -0.39 is 12.2 Å². The van der Waals surface area contributed by atoms with Crippen LogP contribution in [0.3, 0.4) is 0 Å². The second-order valence-electron chi connectivity index (χ2n) is 1.53. The highest BCUT2D eigenvalue weighted by molar-refractivity contribution is 4.84. The zero-order valence-corrected chi connectivity index (χ0v) is 4.62. The third kappa shape index (κ3) is 2.07. The second kappa shape index (κ2) is 3.60. The molecule has 0 spiro atoms. The first kappa shape index (κ1) is 7.62. The van der Waals surface area contributed by atoms with Crippen LogP contribution in [-0.2, 0) is 0 Å². The van der Waals surface area contributed by atoms with Crippen molar-refractivity contribution in [1.82, 2.24) is 0 Å². The third-order valence-electron chi connectivity index (χ3n) is 0.877. The van der Waals surface area contributed by atoms with Gasteiger partial charge in [0.15, 0.2) is 0 Å². The fourth-order valence-corrected chi connectivity index (χ4v) is 0.297. The molecule has 0 bridgehead atoms. The number of hydrogen-bond acceptors (Lipinski definition) is 3. The smallest absolute Gasteiger partial charge is 0.0989 e. The van der Waals surface area contributed by atoms with Gasteiger partial charge in [-0.15, -0.1) is 6.58 Å². The van der Waals surface area contributed by atoms with Gasteiger partial charge in [-0.1, -0.05) is 6.08 Å². The van der Waals surface area contributed by atoms with Crippen LogP contribution >= 0.6 is 0 Å². The highest BCUT2D eigenvalue weighted by Gasteiger charge is 2.08. The van der Waals surface area contributed by atoms with E-state index in [1.165, 1.54) is 6.08 Å². The van der Waals surface area contributed by atoms with Crippen LogP contribution in [-0.4, -0.2) is 29.0 Å². The van der Waals surface area contributed by atoms with E-state index in [0.29, 0.717) is 0 Å². The average molecular weight is 117 g/mol. The molecule has 0 aliphatic rings. The lowest BCUT2D eigenvalue weighted by atomic mass is 10.2. The average Bonchev–Trinajstić information content (AvgIpc) is 1.84. The van der Waals surface area contributed by atoms with Crippen LogP contribution in [0.4, 0.5) is 0 Å². The van der Waals surface area contributed by atoms with Crippen molar-refractivity contribution in [2.24, 2.45) is 5.73 Å². The summed E-state index contributed by atoms with van der Waals surface area (Å²) in [6, 6.07) is 0. The minimum Gasteiger partial charge on any atom is -0.389 e. The Bertz CT molecular complexity index is 74.8. The predicted octanol–water partition coefficient (Wildman–Crippen LogP) is -1.15. The zero-order valence-electron chi connectivity index (χ0n) is 4.62. The maximum Gasteiger partial charge on any atom is 0.0989 e. The van der Waals surface area contributed by atoms with Gasteiger partial charge in [0.2, 0.25) is 0 Å². The number of aliphatic hydroxyl groups is 2. The summed E-state index contributed by atoms with van der Waals surface area (Å²) in [4.78, 5) is 0. The normalized spacial score (nSPS) is 17.4. The van der Waals surface area contributed by atoms with Gasteiger partial charge in [-0.25, -0.2) is 0 Å². The molecule has 2 atom stereocenters. The fraction of sp³-hybridized carbons (Fsp3) is 0.600. The third-order valence-corrected chi connectivity index (χ3v) is 0.877. The molecule has 0 saturated heterocycles. The SMILES string of the molecule is C=CC(O)C(O)CN. The topological polar surface area (TPSA) is 66.5 Å². The summed E-state index contributed by atoms with van der Waals surface area (Å²) in [5.41, 5.74) is 4.99. The molecule has 0 aliphatic heterocycles. The van der Waals surface area contributed by atoms with Gasteiger partial charge in [0.05, 0.1) is 12.2 Å². The number of nitrogens with two attached hydrogens (primary N) is 1. The van der Waals surface area contributed by atoms with Gasteiger partial charge in [-0.05, 0) is 0 Å². The van der Waals surface area contributed by atoms with E-state index in [0.717, 1.165) is 0 Å². The maximum atomic E-state index is 8.68. The molecule has 0 rings (SSSR count). The molecule has 3 nitrogen and oxygen atoms in total. The molecule has 0 fully saturated rings. The monoisotopic (exact) mass is 117 g/mol. The van der Waals surface area contributed by atoms with E-state index in [9.17, 15) is 0 Å². The Labute approximate surface area is 48.4 Å². The Hall–Kier alpha value is -0.380. The van der Waals surface area contributed by atoms with Gasteiger partial charge >= 0.3 is 0 Å². The molecular weight excluding hydrogens is 106 g/mol. The van der Waals surface area contributed by atoms with Crippen LogP contribution in [0.25, 0.3) is 0 Å². The van der Waals surface area contributed by atoms with Gasteiger partial charge in [-0.3, -0.25) is 0 Å². The first-order valence-electron chi connectivity index (χ1n) is 2.41. The van der Waals surface area contributed by atoms with E-state index in [1.54, 1.807) is 0 Å². The molecule has 0 aromatic rings. The van der Waals surface area contributed by atoms with E-state index in [-0.39, 0.29) is 6.54 Å². The highest BCUT2D eigenvalue weighted by atomic mass is 16.3. The molecule has 0 aromatic carbocycles. The van der Waals surface area contributed by atoms with Crippen molar-refractivity contribution in [3.8, 4) is 0 Å².